The van der Waals surface area contributed by atoms with Crippen LogP contribution >= 0.6 is 0 Å². The molecule has 1 aliphatic rings. The first-order valence-corrected chi connectivity index (χ1v) is 7.21. The fourth-order valence-corrected chi connectivity index (χ4v) is 3.26. The number of para-hydroxylation sites is 1. The number of hydrogen-bond acceptors (Lipinski definition) is 5. The lowest BCUT2D eigenvalue weighted by molar-refractivity contribution is 0.0783. The Hall–Kier alpha value is -1.88. The summed E-state index contributed by atoms with van der Waals surface area (Å²) >= 11 is 0. The van der Waals surface area contributed by atoms with Gasteiger partial charge in [-0.05, 0) is 45.4 Å². The first-order valence-electron chi connectivity index (χ1n) is 7.21. The molecule has 1 aromatic carbocycles. The van der Waals surface area contributed by atoms with Gasteiger partial charge >= 0.3 is 6.08 Å². The maximum Gasteiger partial charge on any atom is 0.420 e. The van der Waals surface area contributed by atoms with Gasteiger partial charge in [0, 0.05) is 11.0 Å². The molecule has 1 aromatic heterocycles. The molecule has 0 spiro atoms. The second-order valence-electron chi connectivity index (χ2n) is 6.47. The van der Waals surface area contributed by atoms with Gasteiger partial charge in [-0.3, -0.25) is 0 Å². The van der Waals surface area contributed by atoms with Gasteiger partial charge in [0.15, 0.2) is 0 Å². The Bertz CT molecular complexity index is 644. The summed E-state index contributed by atoms with van der Waals surface area (Å²) in [6.07, 6.45) is 2.16. The minimum atomic E-state index is -0.0713. The first-order chi connectivity index (χ1) is 9.94. The Balaban J connectivity index is 1.75. The summed E-state index contributed by atoms with van der Waals surface area (Å²) in [5, 5.41) is 11.5. The number of aryl methyl sites for hydroxylation is 1. The normalized spacial score (nSPS) is 28.2. The summed E-state index contributed by atoms with van der Waals surface area (Å²) in [5.41, 5.74) is 1.12. The Morgan fingerprint density at radius 3 is 2.57 bits per heavy atom. The van der Waals surface area contributed by atoms with Crippen LogP contribution < -0.4 is 10.1 Å². The summed E-state index contributed by atoms with van der Waals surface area (Å²) in [6.45, 7) is 6.34. The van der Waals surface area contributed by atoms with E-state index in [0.29, 0.717) is 5.89 Å². The zero-order valence-corrected chi connectivity index (χ0v) is 12.9. The molecule has 0 bridgehead atoms. The summed E-state index contributed by atoms with van der Waals surface area (Å²) in [6, 6.07) is 7.77. The zero-order valence-electron chi connectivity index (χ0n) is 12.9. The molecule has 0 atom stereocenters. The third kappa shape index (κ3) is 2.53. The van der Waals surface area contributed by atoms with Crippen LogP contribution in [-0.4, -0.2) is 22.8 Å². The lowest BCUT2D eigenvalue weighted by Gasteiger charge is -2.50. The number of hydrogen-bond donors (Lipinski definition) is 1. The average molecular weight is 287 g/mol. The predicted molar refractivity (Wildman–Crippen MR) is 79.6 cm³/mol. The van der Waals surface area contributed by atoms with Crippen molar-refractivity contribution in [3.8, 4) is 11.8 Å². The van der Waals surface area contributed by atoms with Crippen LogP contribution in [0.25, 0.3) is 0 Å². The molecule has 1 heterocycles. The Morgan fingerprint density at radius 1 is 1.19 bits per heavy atom. The number of nitrogens with zero attached hydrogens (tertiary/aromatic N) is 2. The summed E-state index contributed by atoms with van der Waals surface area (Å²) in [7, 11) is 1.99. The molecule has 1 fully saturated rings. The van der Waals surface area contributed by atoms with Crippen LogP contribution in [0, 0.1) is 6.92 Å². The van der Waals surface area contributed by atoms with Gasteiger partial charge < -0.3 is 14.5 Å². The number of rotatable bonds is 4. The molecule has 5 nitrogen and oxygen atoms in total. The number of nitrogens with one attached hydrogen (secondary N) is 1. The van der Waals surface area contributed by atoms with E-state index in [4.69, 9.17) is 9.15 Å². The summed E-state index contributed by atoms with van der Waals surface area (Å²) in [4.78, 5) is 0. The SMILES string of the molecule is CNC1(C)CC(C)(c2nnc(Oc3ccccc3C)o2)C1. The maximum absolute atomic E-state index is 5.72. The largest absolute Gasteiger partial charge is 0.420 e. The van der Waals surface area contributed by atoms with Crippen LogP contribution in [0.2, 0.25) is 0 Å². The molecule has 0 amide bonds. The lowest BCUT2D eigenvalue weighted by atomic mass is 9.59. The van der Waals surface area contributed by atoms with Gasteiger partial charge in [-0.2, -0.15) is 0 Å². The Kier molecular flexibility index (Phi) is 3.24. The third-order valence-electron chi connectivity index (χ3n) is 4.38. The van der Waals surface area contributed by atoms with E-state index in [0.717, 1.165) is 24.2 Å². The minimum Gasteiger partial charge on any atom is -0.410 e. The third-order valence-corrected chi connectivity index (χ3v) is 4.38. The number of benzene rings is 1. The molecular weight excluding hydrogens is 266 g/mol. The molecule has 0 aliphatic heterocycles. The minimum absolute atomic E-state index is 0.0713. The molecule has 3 rings (SSSR count). The monoisotopic (exact) mass is 287 g/mol. The molecule has 0 unspecified atom stereocenters. The molecule has 1 saturated carbocycles. The smallest absolute Gasteiger partial charge is 0.410 e. The van der Waals surface area contributed by atoms with Gasteiger partial charge in [-0.25, -0.2) is 0 Å². The van der Waals surface area contributed by atoms with Crippen molar-refractivity contribution >= 4 is 0 Å². The molecule has 1 aliphatic carbocycles. The van der Waals surface area contributed by atoms with E-state index in [-0.39, 0.29) is 17.0 Å². The first kappa shape index (κ1) is 14.1. The van der Waals surface area contributed by atoms with Crippen LogP contribution in [0.5, 0.6) is 11.8 Å². The highest BCUT2D eigenvalue weighted by atomic mass is 16.6. The Labute approximate surface area is 124 Å². The van der Waals surface area contributed by atoms with Crippen LogP contribution in [-0.2, 0) is 5.41 Å². The maximum atomic E-state index is 5.72. The highest BCUT2D eigenvalue weighted by Gasteiger charge is 2.52. The molecule has 1 N–H and O–H groups in total. The average Bonchev–Trinajstić information content (AvgIpc) is 2.89. The van der Waals surface area contributed by atoms with E-state index in [1.54, 1.807) is 0 Å². The molecular formula is C16H21N3O2. The van der Waals surface area contributed by atoms with Crippen molar-refractivity contribution in [2.75, 3.05) is 7.05 Å². The summed E-state index contributed by atoms with van der Waals surface area (Å²) < 4.78 is 11.4. The van der Waals surface area contributed by atoms with Gasteiger partial charge in [0.2, 0.25) is 5.89 Å². The topological polar surface area (TPSA) is 60.2 Å². The molecule has 5 heteroatoms. The highest BCUT2D eigenvalue weighted by molar-refractivity contribution is 5.33. The van der Waals surface area contributed by atoms with Gasteiger partial charge in [-0.1, -0.05) is 30.2 Å². The van der Waals surface area contributed by atoms with Gasteiger partial charge in [-0.15, -0.1) is 5.10 Å². The highest BCUT2D eigenvalue weighted by Crippen LogP contribution is 2.49. The zero-order chi connectivity index (χ0) is 15.1. The van der Waals surface area contributed by atoms with Gasteiger partial charge in [0.1, 0.15) is 5.75 Å². The van der Waals surface area contributed by atoms with Crippen LogP contribution in [0.4, 0.5) is 0 Å². The lowest BCUT2D eigenvalue weighted by Crippen LogP contribution is -2.58. The number of ether oxygens (including phenoxy) is 1. The summed E-state index contributed by atoms with van der Waals surface area (Å²) in [5.74, 6) is 1.39. The van der Waals surface area contributed by atoms with E-state index in [2.05, 4.69) is 29.4 Å². The van der Waals surface area contributed by atoms with Crippen LogP contribution in [0.3, 0.4) is 0 Å². The van der Waals surface area contributed by atoms with Gasteiger partial charge in [0.05, 0.1) is 0 Å². The number of aromatic nitrogens is 2. The molecule has 2 aromatic rings. The van der Waals surface area contributed by atoms with Gasteiger partial charge in [0.25, 0.3) is 0 Å². The molecule has 112 valence electrons. The van der Waals surface area contributed by atoms with Crippen molar-refractivity contribution < 1.29 is 9.15 Å². The molecule has 0 radical (unpaired) electrons. The standard InChI is InChI=1S/C16H21N3O2/c1-11-7-5-6-8-12(11)20-14-19-18-13(21-14)15(2)9-16(3,10-15)17-4/h5-8,17H,9-10H2,1-4H3. The quantitative estimate of drug-likeness (QED) is 0.935. The van der Waals surface area contributed by atoms with Crippen LogP contribution in [0.1, 0.15) is 38.1 Å². The van der Waals surface area contributed by atoms with E-state index in [1.165, 1.54) is 0 Å². The fraction of sp³-hybridized carbons (Fsp3) is 0.500. The Morgan fingerprint density at radius 2 is 1.90 bits per heavy atom. The van der Waals surface area contributed by atoms with E-state index in [9.17, 15) is 0 Å². The predicted octanol–water partition coefficient (Wildman–Crippen LogP) is 3.20. The van der Waals surface area contributed by atoms with Crippen molar-refractivity contribution in [2.45, 2.75) is 44.6 Å². The van der Waals surface area contributed by atoms with E-state index >= 15 is 0 Å². The molecule has 0 saturated heterocycles. The second kappa shape index (κ2) is 4.84. The fourth-order valence-electron chi connectivity index (χ4n) is 3.26. The van der Waals surface area contributed by atoms with Crippen molar-refractivity contribution in [1.82, 2.24) is 15.5 Å². The van der Waals surface area contributed by atoms with Crippen molar-refractivity contribution in [3.63, 3.8) is 0 Å². The van der Waals surface area contributed by atoms with Crippen molar-refractivity contribution in [1.29, 1.82) is 0 Å². The van der Waals surface area contributed by atoms with E-state index < -0.39 is 0 Å². The van der Waals surface area contributed by atoms with Crippen LogP contribution in [0.15, 0.2) is 28.7 Å². The van der Waals surface area contributed by atoms with Crippen molar-refractivity contribution in [3.05, 3.63) is 35.7 Å². The molecule has 21 heavy (non-hydrogen) atoms. The van der Waals surface area contributed by atoms with E-state index in [1.807, 2.05) is 38.2 Å². The van der Waals surface area contributed by atoms with Crippen molar-refractivity contribution in [2.24, 2.45) is 0 Å². The second-order valence-corrected chi connectivity index (χ2v) is 6.47.